The summed E-state index contributed by atoms with van der Waals surface area (Å²) in [5, 5.41) is 5.02. The summed E-state index contributed by atoms with van der Waals surface area (Å²) >= 11 is 0. The minimum atomic E-state index is 0.959. The Morgan fingerprint density at radius 2 is 0.696 bits per heavy atom. The number of hydrogen-bond acceptors (Lipinski definition) is 1. The predicted octanol–water partition coefficient (Wildman–Crippen LogP) is 13.9. The molecule has 1 aliphatic carbocycles. The van der Waals surface area contributed by atoms with E-state index in [-0.39, 0.29) is 0 Å². The van der Waals surface area contributed by atoms with Gasteiger partial charge in [-0.1, -0.05) is 140 Å². The fraction of sp³-hybridized carbons (Fsp3) is 0.0377. The quantitative estimate of drug-likeness (QED) is 0.168. The SMILES string of the molecule is C1=C(c2ccccc2)CCC(c2cc(-c3cccc(-n4c5ccccc5c5ccccc54)c3)nc(-c3cccc(-n4c5ccccc5c5ccccc54)c3)c2)=C1. The van der Waals surface area contributed by atoms with Crippen molar-refractivity contribution in [2.45, 2.75) is 12.8 Å². The lowest BCUT2D eigenvalue weighted by atomic mass is 9.89. The van der Waals surface area contributed by atoms with Gasteiger partial charge in [-0.15, -0.1) is 0 Å². The van der Waals surface area contributed by atoms with E-state index in [0.717, 1.165) is 46.7 Å². The fourth-order valence-electron chi connectivity index (χ4n) is 8.79. The second-order valence-corrected chi connectivity index (χ2v) is 14.7. The molecular weight excluding hydrogens is 679 g/mol. The lowest BCUT2D eigenvalue weighted by molar-refractivity contribution is 1.07. The van der Waals surface area contributed by atoms with Crippen molar-refractivity contribution in [3.63, 3.8) is 0 Å². The number of rotatable bonds is 6. The molecule has 3 heterocycles. The molecule has 0 N–H and O–H groups in total. The average molecular weight is 716 g/mol. The zero-order valence-corrected chi connectivity index (χ0v) is 30.8. The van der Waals surface area contributed by atoms with Crippen molar-refractivity contribution < 1.29 is 0 Å². The van der Waals surface area contributed by atoms with Gasteiger partial charge in [-0.3, -0.25) is 0 Å². The van der Waals surface area contributed by atoms with Gasteiger partial charge in [0.2, 0.25) is 0 Å². The Hall–Kier alpha value is -7.23. The first-order valence-corrected chi connectivity index (χ1v) is 19.4. The number of fused-ring (bicyclic) bond motifs is 6. The van der Waals surface area contributed by atoms with E-state index in [4.69, 9.17) is 4.98 Å². The van der Waals surface area contributed by atoms with Gasteiger partial charge >= 0.3 is 0 Å². The van der Waals surface area contributed by atoms with E-state index in [1.807, 2.05) is 0 Å². The van der Waals surface area contributed by atoms with Crippen LogP contribution in [0.3, 0.4) is 0 Å². The van der Waals surface area contributed by atoms with Gasteiger partial charge in [-0.05, 0) is 95.8 Å². The molecule has 0 bridgehead atoms. The molecule has 264 valence electrons. The summed E-state index contributed by atoms with van der Waals surface area (Å²) in [7, 11) is 0. The minimum absolute atomic E-state index is 0.959. The molecular formula is C53H37N3. The fourth-order valence-corrected chi connectivity index (χ4v) is 8.79. The maximum absolute atomic E-state index is 5.46. The smallest absolute Gasteiger partial charge is 0.0716 e. The standard InChI is InChI=1S/C53H37N3/c1-2-14-36(15-3-1)37-28-30-38(31-29-37)41-34-48(39-16-12-18-42(32-39)55-50-24-8-4-20-44(50)45-21-5-9-25-51(45)55)54-49(35-41)40-17-13-19-43(33-40)56-52-26-10-6-22-46(52)47-23-7-11-27-53(47)56/h1-28,30,32-35H,29,31H2. The monoisotopic (exact) mass is 715 g/mol. The van der Waals surface area contributed by atoms with Crippen molar-refractivity contribution in [1.82, 2.24) is 14.1 Å². The third kappa shape index (κ3) is 5.39. The highest BCUT2D eigenvalue weighted by molar-refractivity contribution is 6.10. The summed E-state index contributed by atoms with van der Waals surface area (Å²) < 4.78 is 4.77. The molecule has 0 saturated heterocycles. The topological polar surface area (TPSA) is 22.8 Å². The molecule has 3 nitrogen and oxygen atoms in total. The summed E-state index contributed by atoms with van der Waals surface area (Å²) in [6.07, 6.45) is 6.58. The summed E-state index contributed by atoms with van der Waals surface area (Å²) in [5.74, 6) is 0. The average Bonchev–Trinajstić information content (AvgIpc) is 3.80. The van der Waals surface area contributed by atoms with Crippen LogP contribution in [0.15, 0.2) is 200 Å². The Bertz CT molecular complexity index is 2910. The summed E-state index contributed by atoms with van der Waals surface area (Å²) in [5.41, 5.74) is 16.3. The van der Waals surface area contributed by atoms with Crippen molar-refractivity contribution >= 4 is 54.8 Å². The molecule has 0 radical (unpaired) electrons. The van der Waals surface area contributed by atoms with Gasteiger partial charge in [0.05, 0.1) is 33.5 Å². The molecule has 0 aliphatic heterocycles. The maximum atomic E-state index is 5.46. The van der Waals surface area contributed by atoms with E-state index in [2.05, 4.69) is 209 Å². The van der Waals surface area contributed by atoms with Crippen LogP contribution in [-0.4, -0.2) is 14.1 Å². The van der Waals surface area contributed by atoms with Crippen molar-refractivity contribution in [1.29, 1.82) is 0 Å². The van der Waals surface area contributed by atoms with Crippen LogP contribution in [0.25, 0.3) is 88.6 Å². The molecule has 1 aliphatic rings. The van der Waals surface area contributed by atoms with Crippen LogP contribution in [0, 0.1) is 0 Å². The van der Waals surface area contributed by atoms with Crippen LogP contribution in [0.1, 0.15) is 24.0 Å². The first-order valence-electron chi connectivity index (χ1n) is 19.4. The van der Waals surface area contributed by atoms with Crippen LogP contribution < -0.4 is 0 Å². The minimum Gasteiger partial charge on any atom is -0.309 e. The van der Waals surface area contributed by atoms with Crippen molar-refractivity contribution in [3.05, 3.63) is 211 Å². The zero-order chi connectivity index (χ0) is 37.0. The van der Waals surface area contributed by atoms with Gasteiger partial charge in [0.25, 0.3) is 0 Å². The number of hydrogen-bond donors (Lipinski definition) is 0. The molecule has 11 rings (SSSR count). The molecule has 0 spiro atoms. The third-order valence-electron chi connectivity index (χ3n) is 11.5. The number of para-hydroxylation sites is 4. The van der Waals surface area contributed by atoms with E-state index in [9.17, 15) is 0 Å². The maximum Gasteiger partial charge on any atom is 0.0716 e. The highest BCUT2D eigenvalue weighted by Crippen LogP contribution is 2.38. The number of pyridine rings is 1. The Labute approximate surface area is 325 Å². The molecule has 56 heavy (non-hydrogen) atoms. The van der Waals surface area contributed by atoms with E-state index in [0.29, 0.717) is 0 Å². The molecule has 0 amide bonds. The summed E-state index contributed by atoms with van der Waals surface area (Å²) in [6, 6.07) is 67.8. The summed E-state index contributed by atoms with van der Waals surface area (Å²) in [6.45, 7) is 0. The molecule has 0 atom stereocenters. The van der Waals surface area contributed by atoms with Crippen LogP contribution in [0.4, 0.5) is 0 Å². The van der Waals surface area contributed by atoms with Gasteiger partial charge in [0.1, 0.15) is 0 Å². The number of benzene rings is 7. The molecule has 7 aromatic carbocycles. The first-order chi connectivity index (χ1) is 27.8. The van der Waals surface area contributed by atoms with Crippen LogP contribution >= 0.6 is 0 Å². The van der Waals surface area contributed by atoms with Crippen LogP contribution in [0.2, 0.25) is 0 Å². The number of allylic oxidation sites excluding steroid dienone is 4. The highest BCUT2D eigenvalue weighted by Gasteiger charge is 2.18. The largest absolute Gasteiger partial charge is 0.309 e. The van der Waals surface area contributed by atoms with E-state index < -0.39 is 0 Å². The third-order valence-corrected chi connectivity index (χ3v) is 11.5. The van der Waals surface area contributed by atoms with Crippen LogP contribution in [-0.2, 0) is 0 Å². The van der Waals surface area contributed by atoms with Crippen molar-refractivity contribution in [2.24, 2.45) is 0 Å². The first kappa shape index (κ1) is 32.2. The van der Waals surface area contributed by atoms with Crippen molar-refractivity contribution in [3.8, 4) is 33.9 Å². The van der Waals surface area contributed by atoms with Gasteiger partial charge < -0.3 is 9.13 Å². The lowest BCUT2D eigenvalue weighted by Gasteiger charge is -2.18. The summed E-state index contributed by atoms with van der Waals surface area (Å²) in [4.78, 5) is 5.46. The predicted molar refractivity (Wildman–Crippen MR) is 235 cm³/mol. The van der Waals surface area contributed by atoms with Crippen molar-refractivity contribution in [2.75, 3.05) is 0 Å². The second-order valence-electron chi connectivity index (χ2n) is 14.7. The Morgan fingerprint density at radius 3 is 1.12 bits per heavy atom. The van der Waals surface area contributed by atoms with Gasteiger partial charge in [0.15, 0.2) is 0 Å². The van der Waals surface area contributed by atoms with Gasteiger partial charge in [-0.2, -0.15) is 0 Å². The van der Waals surface area contributed by atoms with E-state index >= 15 is 0 Å². The molecule has 3 heteroatoms. The molecule has 3 aromatic heterocycles. The Morgan fingerprint density at radius 1 is 0.321 bits per heavy atom. The van der Waals surface area contributed by atoms with Crippen LogP contribution in [0.5, 0.6) is 0 Å². The number of aromatic nitrogens is 3. The second kappa shape index (κ2) is 13.3. The molecule has 10 aromatic rings. The Kier molecular flexibility index (Phi) is 7.63. The number of nitrogens with zero attached hydrogens (tertiary/aromatic N) is 3. The molecule has 0 saturated carbocycles. The lowest BCUT2D eigenvalue weighted by Crippen LogP contribution is -1.99. The molecule has 0 unspecified atom stereocenters. The zero-order valence-electron chi connectivity index (χ0n) is 30.8. The molecule has 0 fully saturated rings. The van der Waals surface area contributed by atoms with Gasteiger partial charge in [0, 0.05) is 44.0 Å². The Balaban J connectivity index is 1.08. The highest BCUT2D eigenvalue weighted by atomic mass is 15.0. The van der Waals surface area contributed by atoms with Gasteiger partial charge in [-0.25, -0.2) is 4.98 Å². The van der Waals surface area contributed by atoms with E-state index in [1.54, 1.807) is 0 Å². The van der Waals surface area contributed by atoms with E-state index in [1.165, 1.54) is 65.9 Å². The normalized spacial score (nSPS) is 13.1.